The maximum absolute atomic E-state index is 13.6. The van der Waals surface area contributed by atoms with Gasteiger partial charge >= 0.3 is 5.97 Å². The summed E-state index contributed by atoms with van der Waals surface area (Å²) in [5.74, 6) is 0.329. The van der Waals surface area contributed by atoms with E-state index < -0.39 is 12.0 Å². The number of esters is 1. The van der Waals surface area contributed by atoms with Crippen LogP contribution in [0.2, 0.25) is 0 Å². The van der Waals surface area contributed by atoms with Crippen molar-refractivity contribution in [1.29, 1.82) is 0 Å². The van der Waals surface area contributed by atoms with Crippen LogP contribution in [0.15, 0.2) is 74.1 Å². The van der Waals surface area contributed by atoms with Gasteiger partial charge in [0.2, 0.25) is 0 Å². The summed E-state index contributed by atoms with van der Waals surface area (Å²) in [6, 6.07) is 14.6. The highest BCUT2D eigenvalue weighted by molar-refractivity contribution is 9.10. The van der Waals surface area contributed by atoms with Crippen LogP contribution >= 0.6 is 27.3 Å². The average Bonchev–Trinajstić information content (AvgIpc) is 3.12. The molecule has 8 heteroatoms. The number of benzene rings is 2. The lowest BCUT2D eigenvalue weighted by Gasteiger charge is -2.24. The third kappa shape index (κ3) is 4.93. The summed E-state index contributed by atoms with van der Waals surface area (Å²) in [5.41, 5.74) is 2.41. The van der Waals surface area contributed by atoms with Gasteiger partial charge in [-0.2, -0.15) is 0 Å². The average molecular weight is 541 g/mol. The molecule has 6 nitrogen and oxygen atoms in total. The minimum atomic E-state index is -0.625. The van der Waals surface area contributed by atoms with Crippen LogP contribution in [0.1, 0.15) is 44.4 Å². The van der Waals surface area contributed by atoms with E-state index in [1.807, 2.05) is 54.6 Å². The second-order valence-electron chi connectivity index (χ2n) is 7.77. The molecule has 0 amide bonds. The summed E-state index contributed by atoms with van der Waals surface area (Å²) in [6.45, 7) is 6.50. The molecule has 1 aliphatic rings. The predicted molar refractivity (Wildman–Crippen MR) is 137 cm³/mol. The van der Waals surface area contributed by atoms with E-state index in [2.05, 4.69) is 27.8 Å². The van der Waals surface area contributed by atoms with Crippen molar-refractivity contribution in [2.45, 2.75) is 33.2 Å². The van der Waals surface area contributed by atoms with Gasteiger partial charge in [0.1, 0.15) is 5.75 Å². The Morgan fingerprint density at radius 2 is 1.97 bits per heavy atom. The summed E-state index contributed by atoms with van der Waals surface area (Å²) in [6.07, 6.45) is 2.78. The van der Waals surface area contributed by atoms with E-state index in [1.54, 1.807) is 18.4 Å². The van der Waals surface area contributed by atoms with Crippen molar-refractivity contribution in [1.82, 2.24) is 4.57 Å². The first-order valence-corrected chi connectivity index (χ1v) is 12.7. The fourth-order valence-corrected chi connectivity index (χ4v) is 5.28. The van der Waals surface area contributed by atoms with Crippen molar-refractivity contribution >= 4 is 39.3 Å². The first kappa shape index (κ1) is 24.2. The molecule has 0 fully saturated rings. The van der Waals surface area contributed by atoms with Gasteiger partial charge in [0.15, 0.2) is 4.80 Å². The smallest absolute Gasteiger partial charge is 0.338 e. The SMILES string of the molecule is CCCOc1ccc(/C=c2\sc3n(c2=O)[C@H](c2cccc(Br)c2)C(C(=O)OCC)=C(C)N=3)cc1. The van der Waals surface area contributed by atoms with E-state index in [-0.39, 0.29) is 12.2 Å². The number of carbonyl (C=O) groups is 1. The van der Waals surface area contributed by atoms with Crippen LogP contribution < -0.4 is 19.6 Å². The maximum Gasteiger partial charge on any atom is 0.338 e. The van der Waals surface area contributed by atoms with E-state index in [0.29, 0.717) is 27.2 Å². The fraction of sp³-hybridized carbons (Fsp3) is 0.269. The van der Waals surface area contributed by atoms with Crippen LogP contribution in [-0.4, -0.2) is 23.8 Å². The lowest BCUT2D eigenvalue weighted by atomic mass is 9.96. The number of thiazole rings is 1. The molecule has 1 atom stereocenters. The number of hydrogen-bond donors (Lipinski definition) is 0. The number of ether oxygens (including phenoxy) is 2. The Morgan fingerprint density at radius 3 is 2.65 bits per heavy atom. The maximum atomic E-state index is 13.6. The quantitative estimate of drug-likeness (QED) is 0.417. The van der Waals surface area contributed by atoms with Gasteiger partial charge in [-0.3, -0.25) is 9.36 Å². The Kier molecular flexibility index (Phi) is 7.48. The Balaban J connectivity index is 1.85. The molecule has 2 heterocycles. The van der Waals surface area contributed by atoms with Gasteiger partial charge in [-0.25, -0.2) is 9.79 Å². The topological polar surface area (TPSA) is 69.9 Å². The minimum Gasteiger partial charge on any atom is -0.494 e. The van der Waals surface area contributed by atoms with Gasteiger partial charge in [0.05, 0.1) is 35.1 Å². The molecule has 0 spiro atoms. The van der Waals surface area contributed by atoms with Gasteiger partial charge in [-0.1, -0.05) is 58.5 Å². The van der Waals surface area contributed by atoms with Crippen LogP contribution in [0.5, 0.6) is 5.75 Å². The molecule has 2 aromatic carbocycles. The van der Waals surface area contributed by atoms with Gasteiger partial charge < -0.3 is 9.47 Å². The summed E-state index contributed by atoms with van der Waals surface area (Å²) >= 11 is 4.81. The minimum absolute atomic E-state index is 0.200. The van der Waals surface area contributed by atoms with Gasteiger partial charge in [0.25, 0.3) is 5.56 Å². The Bertz CT molecular complexity index is 1420. The number of carbonyl (C=O) groups excluding carboxylic acids is 1. The number of fused-ring (bicyclic) bond motifs is 1. The van der Waals surface area contributed by atoms with Crippen molar-refractivity contribution < 1.29 is 14.3 Å². The van der Waals surface area contributed by atoms with Crippen molar-refractivity contribution in [3.05, 3.63) is 95.1 Å². The number of hydrogen-bond acceptors (Lipinski definition) is 6. The first-order valence-electron chi connectivity index (χ1n) is 11.1. The van der Waals surface area contributed by atoms with Crippen molar-refractivity contribution in [2.24, 2.45) is 4.99 Å². The monoisotopic (exact) mass is 540 g/mol. The zero-order valence-electron chi connectivity index (χ0n) is 19.2. The van der Waals surface area contributed by atoms with Crippen molar-refractivity contribution in [3.63, 3.8) is 0 Å². The number of rotatable bonds is 7. The Morgan fingerprint density at radius 1 is 1.21 bits per heavy atom. The molecule has 1 aliphatic heterocycles. The molecule has 0 unspecified atom stereocenters. The summed E-state index contributed by atoms with van der Waals surface area (Å²) in [4.78, 5) is 31.7. The molecular formula is C26H25BrN2O4S. The molecule has 0 N–H and O–H groups in total. The number of halogens is 1. The predicted octanol–water partition coefficient (Wildman–Crippen LogP) is 4.35. The molecule has 0 aliphatic carbocycles. The van der Waals surface area contributed by atoms with Gasteiger partial charge in [0, 0.05) is 4.47 Å². The van der Waals surface area contributed by atoms with E-state index in [9.17, 15) is 9.59 Å². The third-order valence-electron chi connectivity index (χ3n) is 5.33. The second kappa shape index (κ2) is 10.5. The molecule has 0 bridgehead atoms. The zero-order valence-corrected chi connectivity index (χ0v) is 21.6. The van der Waals surface area contributed by atoms with E-state index in [0.717, 1.165) is 27.8 Å². The van der Waals surface area contributed by atoms with E-state index >= 15 is 0 Å². The standard InChI is InChI=1S/C26H25BrN2O4S/c1-4-13-33-20-11-9-17(10-12-20)14-21-24(30)29-23(18-7-6-8-19(27)15-18)22(25(31)32-5-2)16(3)28-26(29)34-21/h6-12,14-15,23H,4-5,13H2,1-3H3/b21-14-/t23-/m1/s1. The summed E-state index contributed by atoms with van der Waals surface area (Å²) < 4.78 is 14.0. The molecule has 0 saturated heterocycles. The van der Waals surface area contributed by atoms with Crippen LogP contribution in [0, 0.1) is 0 Å². The largest absolute Gasteiger partial charge is 0.494 e. The molecular weight excluding hydrogens is 516 g/mol. The highest BCUT2D eigenvalue weighted by atomic mass is 79.9. The molecule has 176 valence electrons. The Labute approximate surface area is 210 Å². The number of allylic oxidation sites excluding steroid dienone is 1. The summed E-state index contributed by atoms with van der Waals surface area (Å²) in [7, 11) is 0. The van der Waals surface area contributed by atoms with Crippen LogP contribution in [-0.2, 0) is 9.53 Å². The normalized spacial score (nSPS) is 15.6. The highest BCUT2D eigenvalue weighted by Crippen LogP contribution is 2.31. The van der Waals surface area contributed by atoms with Crippen molar-refractivity contribution in [3.8, 4) is 5.75 Å². The van der Waals surface area contributed by atoms with Crippen LogP contribution in [0.3, 0.4) is 0 Å². The van der Waals surface area contributed by atoms with Crippen LogP contribution in [0.4, 0.5) is 0 Å². The fourth-order valence-electron chi connectivity index (χ4n) is 3.82. The van der Waals surface area contributed by atoms with Crippen molar-refractivity contribution in [2.75, 3.05) is 13.2 Å². The molecule has 0 radical (unpaired) electrons. The molecule has 0 saturated carbocycles. The van der Waals surface area contributed by atoms with Gasteiger partial charge in [-0.05, 0) is 61.7 Å². The number of nitrogens with zero attached hydrogens (tertiary/aromatic N) is 2. The molecule has 1 aromatic heterocycles. The lowest BCUT2D eigenvalue weighted by molar-refractivity contribution is -0.139. The number of aromatic nitrogens is 1. The third-order valence-corrected chi connectivity index (χ3v) is 6.81. The zero-order chi connectivity index (χ0) is 24.2. The molecule has 4 rings (SSSR count). The lowest BCUT2D eigenvalue weighted by Crippen LogP contribution is -2.39. The Hall–Kier alpha value is -2.97. The molecule has 3 aromatic rings. The van der Waals surface area contributed by atoms with E-state index in [4.69, 9.17) is 9.47 Å². The summed E-state index contributed by atoms with van der Waals surface area (Å²) in [5, 5.41) is 0. The van der Waals surface area contributed by atoms with Gasteiger partial charge in [-0.15, -0.1) is 0 Å². The molecule has 34 heavy (non-hydrogen) atoms. The first-order chi connectivity index (χ1) is 16.4. The highest BCUT2D eigenvalue weighted by Gasteiger charge is 2.33. The van der Waals surface area contributed by atoms with E-state index in [1.165, 1.54) is 11.3 Å². The second-order valence-corrected chi connectivity index (χ2v) is 9.70. The van der Waals surface area contributed by atoms with Crippen LogP contribution in [0.25, 0.3) is 6.08 Å².